The van der Waals surface area contributed by atoms with Gasteiger partial charge in [0, 0.05) is 6.42 Å². The fourth-order valence-corrected chi connectivity index (χ4v) is 2.55. The summed E-state index contributed by atoms with van der Waals surface area (Å²) in [7, 11) is 1.33. The molecule has 0 fully saturated rings. The zero-order valence-corrected chi connectivity index (χ0v) is 14.1. The van der Waals surface area contributed by atoms with Gasteiger partial charge in [-0.1, -0.05) is 30.3 Å². The summed E-state index contributed by atoms with van der Waals surface area (Å²) in [5.41, 5.74) is 1.77. The van der Waals surface area contributed by atoms with Gasteiger partial charge >= 0.3 is 5.97 Å². The molecule has 0 bridgehead atoms. The summed E-state index contributed by atoms with van der Waals surface area (Å²) in [5.74, 6) is -1.87. The van der Waals surface area contributed by atoms with Crippen LogP contribution >= 0.6 is 0 Å². The second kappa shape index (κ2) is 7.77. The third kappa shape index (κ3) is 3.88. The molecule has 0 saturated carbocycles. The molecule has 0 saturated heterocycles. The largest absolute Gasteiger partial charge is 0.494 e. The fraction of sp³-hybridized carbons (Fsp3) is 0.211. The van der Waals surface area contributed by atoms with Crippen molar-refractivity contribution < 1.29 is 23.5 Å². The normalized spacial score (nSPS) is 13.3. The SMILES string of the molecule is COc1ccc(C(=O)OCC(=O)N2CCC(c3ccccc3)=N2)cc1F. The van der Waals surface area contributed by atoms with Crippen LogP contribution in [0.3, 0.4) is 0 Å². The van der Waals surface area contributed by atoms with E-state index in [0.717, 1.165) is 17.3 Å². The number of ether oxygens (including phenoxy) is 2. The highest BCUT2D eigenvalue weighted by molar-refractivity contribution is 6.02. The van der Waals surface area contributed by atoms with Gasteiger partial charge < -0.3 is 9.47 Å². The quantitative estimate of drug-likeness (QED) is 0.773. The maximum atomic E-state index is 13.6. The molecule has 2 aromatic rings. The molecule has 0 unspecified atom stereocenters. The number of benzene rings is 2. The lowest BCUT2D eigenvalue weighted by atomic mass is 10.1. The van der Waals surface area contributed by atoms with Crippen LogP contribution in [-0.4, -0.2) is 42.9 Å². The number of carbonyl (C=O) groups is 2. The summed E-state index contributed by atoms with van der Waals surface area (Å²) in [6.45, 7) is -0.0319. The van der Waals surface area contributed by atoms with Crippen LogP contribution < -0.4 is 4.74 Å². The lowest BCUT2D eigenvalue weighted by molar-refractivity contribution is -0.134. The summed E-state index contributed by atoms with van der Waals surface area (Å²) in [5, 5.41) is 5.56. The van der Waals surface area contributed by atoms with Crippen molar-refractivity contribution in [2.45, 2.75) is 6.42 Å². The average Bonchev–Trinajstić information content (AvgIpc) is 3.17. The van der Waals surface area contributed by atoms with E-state index in [0.29, 0.717) is 13.0 Å². The minimum absolute atomic E-state index is 0.00555. The van der Waals surface area contributed by atoms with Crippen molar-refractivity contribution in [1.29, 1.82) is 0 Å². The summed E-state index contributed by atoms with van der Waals surface area (Å²) in [6.07, 6.45) is 0.632. The van der Waals surface area contributed by atoms with E-state index in [9.17, 15) is 14.0 Å². The number of carbonyl (C=O) groups excluding carboxylic acids is 2. The first-order valence-corrected chi connectivity index (χ1v) is 8.02. The Hall–Kier alpha value is -3.22. The van der Waals surface area contributed by atoms with Crippen LogP contribution in [-0.2, 0) is 9.53 Å². The molecule has 134 valence electrons. The highest BCUT2D eigenvalue weighted by Crippen LogP contribution is 2.18. The van der Waals surface area contributed by atoms with Crippen LogP contribution in [0.5, 0.6) is 5.75 Å². The van der Waals surface area contributed by atoms with E-state index in [4.69, 9.17) is 9.47 Å². The van der Waals surface area contributed by atoms with Gasteiger partial charge in [-0.2, -0.15) is 5.10 Å². The first-order valence-electron chi connectivity index (χ1n) is 8.02. The van der Waals surface area contributed by atoms with Gasteiger partial charge in [-0.05, 0) is 23.8 Å². The Kier molecular flexibility index (Phi) is 5.26. The molecule has 1 heterocycles. The molecule has 0 radical (unpaired) electrons. The van der Waals surface area contributed by atoms with Gasteiger partial charge in [0.25, 0.3) is 5.91 Å². The van der Waals surface area contributed by atoms with Crippen molar-refractivity contribution in [1.82, 2.24) is 5.01 Å². The fourth-order valence-electron chi connectivity index (χ4n) is 2.55. The number of hydrazone groups is 1. The smallest absolute Gasteiger partial charge is 0.338 e. The number of nitrogens with zero attached hydrogens (tertiary/aromatic N) is 2. The van der Waals surface area contributed by atoms with Crippen LogP contribution in [0.1, 0.15) is 22.3 Å². The lowest BCUT2D eigenvalue weighted by Gasteiger charge is -2.11. The molecular weight excluding hydrogens is 339 g/mol. The number of rotatable bonds is 5. The standard InChI is InChI=1S/C19H17FN2O4/c1-25-17-8-7-14(11-15(17)20)19(24)26-12-18(23)22-10-9-16(21-22)13-5-3-2-4-6-13/h2-8,11H,9-10,12H2,1H3. The maximum absolute atomic E-state index is 13.6. The average molecular weight is 356 g/mol. The van der Waals surface area contributed by atoms with Crippen molar-refractivity contribution in [2.75, 3.05) is 20.3 Å². The van der Waals surface area contributed by atoms with Gasteiger partial charge in [0.15, 0.2) is 18.2 Å². The molecule has 0 aromatic heterocycles. The Labute approximate surface area is 149 Å². The third-order valence-corrected chi connectivity index (χ3v) is 3.91. The Morgan fingerprint density at radius 1 is 1.19 bits per heavy atom. The molecule has 0 spiro atoms. The van der Waals surface area contributed by atoms with Crippen LogP contribution in [0.15, 0.2) is 53.6 Å². The maximum Gasteiger partial charge on any atom is 0.338 e. The molecule has 0 atom stereocenters. The van der Waals surface area contributed by atoms with Crippen molar-refractivity contribution >= 4 is 17.6 Å². The summed E-state index contributed by atoms with van der Waals surface area (Å²) < 4.78 is 23.4. The molecule has 6 nitrogen and oxygen atoms in total. The van der Waals surface area contributed by atoms with Crippen molar-refractivity contribution in [3.8, 4) is 5.75 Å². The lowest BCUT2D eigenvalue weighted by Crippen LogP contribution is -2.28. The number of methoxy groups -OCH3 is 1. The second-order valence-electron chi connectivity index (χ2n) is 5.61. The summed E-state index contributed by atoms with van der Waals surface area (Å²) in [4.78, 5) is 24.1. The van der Waals surface area contributed by atoms with Crippen molar-refractivity contribution in [3.05, 3.63) is 65.5 Å². The van der Waals surface area contributed by atoms with Crippen LogP contribution in [0.2, 0.25) is 0 Å². The Balaban J connectivity index is 1.58. The number of hydrogen-bond acceptors (Lipinski definition) is 5. The molecule has 1 amide bonds. The van der Waals surface area contributed by atoms with Gasteiger partial charge in [0.1, 0.15) is 0 Å². The molecule has 1 aliphatic heterocycles. The van der Waals surface area contributed by atoms with Crippen LogP contribution in [0, 0.1) is 5.82 Å². The monoisotopic (exact) mass is 356 g/mol. The van der Waals surface area contributed by atoms with E-state index in [1.54, 1.807) is 0 Å². The predicted molar refractivity (Wildman–Crippen MR) is 92.5 cm³/mol. The predicted octanol–water partition coefficient (Wildman–Crippen LogP) is 2.63. The summed E-state index contributed by atoms with van der Waals surface area (Å²) >= 11 is 0. The van der Waals surface area contributed by atoms with Crippen molar-refractivity contribution in [3.63, 3.8) is 0 Å². The summed E-state index contributed by atoms with van der Waals surface area (Å²) in [6, 6.07) is 13.3. The van der Waals surface area contributed by atoms with E-state index < -0.39 is 24.3 Å². The Morgan fingerprint density at radius 2 is 1.96 bits per heavy atom. The molecule has 1 aliphatic rings. The highest BCUT2D eigenvalue weighted by Gasteiger charge is 2.23. The van der Waals surface area contributed by atoms with E-state index in [2.05, 4.69) is 5.10 Å². The first kappa shape index (κ1) is 17.6. The number of hydrogen-bond donors (Lipinski definition) is 0. The van der Waals surface area contributed by atoms with Gasteiger partial charge in [0.05, 0.1) is 24.9 Å². The van der Waals surface area contributed by atoms with E-state index >= 15 is 0 Å². The molecule has 0 N–H and O–H groups in total. The molecular formula is C19H17FN2O4. The zero-order chi connectivity index (χ0) is 18.5. The molecule has 0 aliphatic carbocycles. The van der Waals surface area contributed by atoms with Crippen LogP contribution in [0.4, 0.5) is 4.39 Å². The Morgan fingerprint density at radius 3 is 2.65 bits per heavy atom. The number of amides is 1. The van der Waals surface area contributed by atoms with E-state index in [1.807, 2.05) is 30.3 Å². The van der Waals surface area contributed by atoms with Gasteiger partial charge in [-0.3, -0.25) is 4.79 Å². The third-order valence-electron chi connectivity index (χ3n) is 3.91. The van der Waals surface area contributed by atoms with Crippen molar-refractivity contribution in [2.24, 2.45) is 5.10 Å². The molecule has 3 rings (SSSR count). The topological polar surface area (TPSA) is 68.2 Å². The molecule has 2 aromatic carbocycles. The molecule has 7 heteroatoms. The van der Waals surface area contributed by atoms with Crippen LogP contribution in [0.25, 0.3) is 0 Å². The van der Waals surface area contributed by atoms with E-state index in [1.165, 1.54) is 24.3 Å². The van der Waals surface area contributed by atoms with E-state index in [-0.39, 0.29) is 11.3 Å². The molecule has 26 heavy (non-hydrogen) atoms. The van der Waals surface area contributed by atoms with Gasteiger partial charge in [0.2, 0.25) is 0 Å². The minimum atomic E-state index is -0.786. The highest BCUT2D eigenvalue weighted by atomic mass is 19.1. The first-order chi connectivity index (χ1) is 12.6. The zero-order valence-electron chi connectivity index (χ0n) is 14.1. The Bertz CT molecular complexity index is 852. The second-order valence-corrected chi connectivity index (χ2v) is 5.61. The van der Waals surface area contributed by atoms with Gasteiger partial charge in [-0.25, -0.2) is 14.2 Å². The number of esters is 1. The minimum Gasteiger partial charge on any atom is -0.494 e. The number of halogens is 1. The van der Waals surface area contributed by atoms with Gasteiger partial charge in [-0.15, -0.1) is 0 Å².